The second-order valence-electron chi connectivity index (χ2n) is 8.21. The number of piperazine rings is 1. The highest BCUT2D eigenvalue weighted by molar-refractivity contribution is 7.90. The fourth-order valence-electron chi connectivity index (χ4n) is 3.66. The third-order valence-electron chi connectivity index (χ3n) is 5.39. The Labute approximate surface area is 167 Å². The number of hydrogen-bond donors (Lipinski definition) is 1. The third-order valence-corrected chi connectivity index (χ3v) is 9.56. The molecule has 0 spiro atoms. The van der Waals surface area contributed by atoms with E-state index >= 15 is 0 Å². The van der Waals surface area contributed by atoms with Crippen molar-refractivity contribution in [3.8, 4) is 0 Å². The molecule has 2 aliphatic heterocycles. The first-order valence-electron chi connectivity index (χ1n) is 9.29. The van der Waals surface area contributed by atoms with Crippen molar-refractivity contribution < 1.29 is 21.6 Å². The Morgan fingerprint density at radius 3 is 2.14 bits per heavy atom. The maximum atomic E-state index is 13.1. The molecule has 0 atom stereocenters. The molecule has 1 aromatic rings. The average molecular weight is 430 g/mol. The quantitative estimate of drug-likeness (QED) is 0.778. The van der Waals surface area contributed by atoms with Crippen LogP contribution in [0.1, 0.15) is 39.7 Å². The first-order valence-corrected chi connectivity index (χ1v) is 12.2. The Bertz CT molecular complexity index is 992. The van der Waals surface area contributed by atoms with Crippen LogP contribution in [0.3, 0.4) is 0 Å². The Kier molecular flexibility index (Phi) is 5.37. The van der Waals surface area contributed by atoms with E-state index in [1.807, 2.05) is 13.8 Å². The Balaban J connectivity index is 1.84. The van der Waals surface area contributed by atoms with Crippen LogP contribution < -0.4 is 5.32 Å². The fraction of sp³-hybridized carbons (Fsp3) is 0.611. The molecule has 0 aromatic heterocycles. The number of carbonyl (C=O) groups is 1. The summed E-state index contributed by atoms with van der Waals surface area (Å²) < 4.78 is 53.5. The first-order chi connectivity index (χ1) is 12.9. The lowest BCUT2D eigenvalue weighted by Gasteiger charge is -2.35. The molecule has 1 amide bonds. The lowest BCUT2D eigenvalue weighted by molar-refractivity contribution is -0.117. The molecule has 28 heavy (non-hydrogen) atoms. The molecule has 0 bridgehead atoms. The molecule has 1 saturated heterocycles. The summed E-state index contributed by atoms with van der Waals surface area (Å²) in [6.07, 6.45) is 0.287. The second kappa shape index (κ2) is 7.08. The van der Waals surface area contributed by atoms with Gasteiger partial charge < -0.3 is 5.32 Å². The molecule has 0 saturated carbocycles. The minimum absolute atomic E-state index is 0.0874. The van der Waals surface area contributed by atoms with Gasteiger partial charge in [-0.2, -0.15) is 8.61 Å². The molecule has 10 heteroatoms. The number of benzene rings is 1. The van der Waals surface area contributed by atoms with Crippen molar-refractivity contribution >= 4 is 31.6 Å². The molecule has 1 aromatic carbocycles. The summed E-state index contributed by atoms with van der Waals surface area (Å²) in [6.45, 7) is 7.58. The van der Waals surface area contributed by atoms with Crippen molar-refractivity contribution in [1.82, 2.24) is 8.61 Å². The maximum absolute atomic E-state index is 13.1. The van der Waals surface area contributed by atoms with Crippen LogP contribution in [0.4, 0.5) is 5.69 Å². The summed E-state index contributed by atoms with van der Waals surface area (Å²) in [4.78, 5) is 12.0. The molecule has 0 radical (unpaired) electrons. The predicted molar refractivity (Wildman–Crippen MR) is 107 cm³/mol. The zero-order valence-corrected chi connectivity index (χ0v) is 18.2. The number of hydrogen-bond acceptors (Lipinski definition) is 5. The van der Waals surface area contributed by atoms with E-state index in [1.165, 1.54) is 14.7 Å². The van der Waals surface area contributed by atoms with Gasteiger partial charge in [0, 0.05) is 43.7 Å². The molecule has 3 rings (SSSR count). The Hall–Kier alpha value is -1.49. The molecule has 156 valence electrons. The van der Waals surface area contributed by atoms with E-state index in [-0.39, 0.29) is 43.4 Å². The van der Waals surface area contributed by atoms with Crippen molar-refractivity contribution in [2.75, 3.05) is 31.5 Å². The predicted octanol–water partition coefficient (Wildman–Crippen LogP) is 1.35. The van der Waals surface area contributed by atoms with Gasteiger partial charge >= 0.3 is 0 Å². The zero-order valence-electron chi connectivity index (χ0n) is 16.6. The average Bonchev–Trinajstić information content (AvgIpc) is 2.60. The van der Waals surface area contributed by atoms with Crippen LogP contribution in [0, 0.1) is 0 Å². The van der Waals surface area contributed by atoms with Gasteiger partial charge in [-0.3, -0.25) is 4.79 Å². The number of amides is 1. The second-order valence-corrected chi connectivity index (χ2v) is 12.6. The van der Waals surface area contributed by atoms with Crippen LogP contribution in [0.2, 0.25) is 0 Å². The van der Waals surface area contributed by atoms with Gasteiger partial charge in [-0.25, -0.2) is 16.8 Å². The molecule has 1 fully saturated rings. The largest absolute Gasteiger partial charge is 0.326 e. The van der Waals surface area contributed by atoms with E-state index in [9.17, 15) is 21.6 Å². The topological polar surface area (TPSA) is 104 Å². The number of sulfonamides is 2. The van der Waals surface area contributed by atoms with E-state index in [0.717, 1.165) is 5.56 Å². The molecular weight excluding hydrogens is 402 g/mol. The van der Waals surface area contributed by atoms with Crippen molar-refractivity contribution in [1.29, 1.82) is 0 Å². The van der Waals surface area contributed by atoms with E-state index in [1.54, 1.807) is 26.0 Å². The lowest BCUT2D eigenvalue weighted by Crippen LogP contribution is -2.51. The monoisotopic (exact) mass is 429 g/mol. The summed E-state index contributed by atoms with van der Waals surface area (Å²) in [5, 5.41) is 2.25. The van der Waals surface area contributed by atoms with Crippen molar-refractivity contribution in [3.63, 3.8) is 0 Å². The van der Waals surface area contributed by atoms with Crippen molar-refractivity contribution in [2.45, 2.75) is 49.7 Å². The van der Waals surface area contributed by atoms with E-state index in [0.29, 0.717) is 5.69 Å². The van der Waals surface area contributed by atoms with Gasteiger partial charge in [0.25, 0.3) is 0 Å². The van der Waals surface area contributed by atoms with Crippen LogP contribution >= 0.6 is 0 Å². The molecule has 2 aliphatic rings. The van der Waals surface area contributed by atoms with Crippen LogP contribution in [-0.4, -0.2) is 62.8 Å². The highest BCUT2D eigenvalue weighted by atomic mass is 32.2. The summed E-state index contributed by atoms with van der Waals surface area (Å²) >= 11 is 0. The van der Waals surface area contributed by atoms with Gasteiger partial charge in [0.2, 0.25) is 26.0 Å². The number of rotatable bonds is 4. The molecular formula is C18H27N3O5S2. The van der Waals surface area contributed by atoms with Gasteiger partial charge in [-0.1, -0.05) is 13.8 Å². The van der Waals surface area contributed by atoms with Crippen LogP contribution in [-0.2, 0) is 30.3 Å². The fourth-order valence-corrected chi connectivity index (χ4v) is 6.37. The third kappa shape index (κ3) is 3.70. The maximum Gasteiger partial charge on any atom is 0.243 e. The molecule has 0 unspecified atom stereocenters. The van der Waals surface area contributed by atoms with Crippen molar-refractivity contribution in [2.24, 2.45) is 0 Å². The van der Waals surface area contributed by atoms with E-state index < -0.39 is 30.7 Å². The van der Waals surface area contributed by atoms with Crippen LogP contribution in [0.5, 0.6) is 0 Å². The number of fused-ring (bicyclic) bond motifs is 1. The normalized spacial score (nSPS) is 21.4. The van der Waals surface area contributed by atoms with Gasteiger partial charge in [0.15, 0.2) is 0 Å². The number of nitrogens with one attached hydrogen (secondary N) is 1. The number of anilines is 1. The van der Waals surface area contributed by atoms with Gasteiger partial charge in [-0.05, 0) is 37.6 Å². The number of nitrogens with zero attached hydrogens (tertiary/aromatic N) is 2. The first kappa shape index (κ1) is 21.2. The number of carbonyl (C=O) groups excluding carboxylic acids is 1. The summed E-state index contributed by atoms with van der Waals surface area (Å²) in [7, 11) is -7.14. The summed E-state index contributed by atoms with van der Waals surface area (Å²) in [5.74, 6) is -0.0874. The summed E-state index contributed by atoms with van der Waals surface area (Å²) in [5.41, 5.74) is 0.954. The minimum atomic E-state index is -3.75. The lowest BCUT2D eigenvalue weighted by atomic mass is 9.78. The summed E-state index contributed by atoms with van der Waals surface area (Å²) in [6, 6.07) is 4.74. The van der Waals surface area contributed by atoms with Gasteiger partial charge in [0.05, 0.1) is 10.1 Å². The zero-order chi connectivity index (χ0) is 20.9. The highest BCUT2D eigenvalue weighted by Crippen LogP contribution is 2.38. The highest BCUT2D eigenvalue weighted by Gasteiger charge is 2.36. The Morgan fingerprint density at radius 1 is 1.00 bits per heavy atom. The van der Waals surface area contributed by atoms with E-state index in [4.69, 9.17) is 0 Å². The molecule has 2 heterocycles. The smallest absolute Gasteiger partial charge is 0.243 e. The van der Waals surface area contributed by atoms with Crippen molar-refractivity contribution in [3.05, 3.63) is 23.8 Å². The standard InChI is InChI=1S/C18H27N3O5S2/c1-13(2)27(23,24)20-7-9-21(10-8-20)28(25,26)14-5-6-16-15(11-14)18(3,4)12-17(22)19-16/h5-6,11,13H,7-10,12H2,1-4H3,(H,19,22). The van der Waals surface area contributed by atoms with Crippen LogP contribution in [0.25, 0.3) is 0 Å². The minimum Gasteiger partial charge on any atom is -0.326 e. The molecule has 8 nitrogen and oxygen atoms in total. The molecule has 0 aliphatic carbocycles. The SMILES string of the molecule is CC(C)S(=O)(=O)N1CCN(S(=O)(=O)c2ccc3c(c2)C(C)(C)CC(=O)N3)CC1. The van der Waals surface area contributed by atoms with E-state index in [2.05, 4.69) is 5.32 Å². The molecule has 1 N–H and O–H groups in total. The van der Waals surface area contributed by atoms with Gasteiger partial charge in [0.1, 0.15) is 0 Å². The van der Waals surface area contributed by atoms with Gasteiger partial charge in [-0.15, -0.1) is 0 Å². The Morgan fingerprint density at radius 2 is 1.57 bits per heavy atom. The van der Waals surface area contributed by atoms with Crippen LogP contribution in [0.15, 0.2) is 23.1 Å².